The molecule has 0 atom stereocenters. The second-order valence-electron chi connectivity index (χ2n) is 3.96. The maximum Gasteiger partial charge on any atom is 0.244 e. The zero-order chi connectivity index (χ0) is 13.5. The van der Waals surface area contributed by atoms with E-state index in [0.29, 0.717) is 6.54 Å². The molecule has 96 valence electrons. The Morgan fingerprint density at radius 2 is 2.05 bits per heavy atom. The van der Waals surface area contributed by atoms with Gasteiger partial charge in [0.2, 0.25) is 5.91 Å². The number of hydrogen-bond acceptors (Lipinski definition) is 2. The van der Waals surface area contributed by atoms with Crippen molar-refractivity contribution in [1.82, 2.24) is 10.3 Å². The highest BCUT2D eigenvalue weighted by molar-refractivity contribution is 5.91. The highest BCUT2D eigenvalue weighted by Gasteiger charge is 1.97. The fourth-order valence-electron chi connectivity index (χ4n) is 1.50. The number of carbonyl (C=O) groups is 1. The smallest absolute Gasteiger partial charge is 0.244 e. The summed E-state index contributed by atoms with van der Waals surface area (Å²) < 4.78 is 12.7. The fraction of sp³-hybridized carbons (Fsp3) is 0.0667. The number of halogens is 1. The van der Waals surface area contributed by atoms with Crippen molar-refractivity contribution in [3.8, 4) is 0 Å². The molecule has 1 aromatic heterocycles. The van der Waals surface area contributed by atoms with Gasteiger partial charge in [-0.05, 0) is 35.4 Å². The first-order valence-corrected chi connectivity index (χ1v) is 5.84. The predicted molar refractivity (Wildman–Crippen MR) is 71.5 cm³/mol. The van der Waals surface area contributed by atoms with Crippen molar-refractivity contribution in [2.75, 3.05) is 0 Å². The van der Waals surface area contributed by atoms with Gasteiger partial charge in [0.05, 0.1) is 0 Å². The van der Waals surface area contributed by atoms with Crippen LogP contribution in [0.25, 0.3) is 6.08 Å². The Bertz CT molecular complexity index is 564. The topological polar surface area (TPSA) is 42.0 Å². The molecular formula is C15H13FN2O. The van der Waals surface area contributed by atoms with Gasteiger partial charge in [0.1, 0.15) is 5.82 Å². The summed E-state index contributed by atoms with van der Waals surface area (Å²) in [7, 11) is 0. The Hall–Kier alpha value is -2.49. The molecule has 0 aliphatic carbocycles. The van der Waals surface area contributed by atoms with E-state index in [1.807, 2.05) is 6.07 Å². The highest BCUT2D eigenvalue weighted by Crippen LogP contribution is 2.02. The van der Waals surface area contributed by atoms with Crippen LogP contribution in [0.5, 0.6) is 0 Å². The Morgan fingerprint density at radius 3 is 2.74 bits per heavy atom. The van der Waals surface area contributed by atoms with Gasteiger partial charge < -0.3 is 5.32 Å². The number of aromatic nitrogens is 1. The molecule has 4 heteroatoms. The number of nitrogens with zero attached hydrogens (tertiary/aromatic N) is 1. The minimum atomic E-state index is -0.286. The van der Waals surface area contributed by atoms with Gasteiger partial charge in [-0.2, -0.15) is 0 Å². The van der Waals surface area contributed by atoms with Gasteiger partial charge in [-0.15, -0.1) is 0 Å². The first-order chi connectivity index (χ1) is 9.24. The van der Waals surface area contributed by atoms with Crippen molar-refractivity contribution in [2.45, 2.75) is 6.54 Å². The maximum atomic E-state index is 12.7. The lowest BCUT2D eigenvalue weighted by atomic mass is 10.2. The van der Waals surface area contributed by atoms with E-state index in [4.69, 9.17) is 0 Å². The largest absolute Gasteiger partial charge is 0.348 e. The van der Waals surface area contributed by atoms with Crippen molar-refractivity contribution in [3.05, 3.63) is 71.8 Å². The molecule has 1 N–H and O–H groups in total. The van der Waals surface area contributed by atoms with Crippen LogP contribution in [0.4, 0.5) is 4.39 Å². The number of pyridine rings is 1. The quantitative estimate of drug-likeness (QED) is 0.854. The Balaban J connectivity index is 1.85. The first-order valence-electron chi connectivity index (χ1n) is 5.84. The van der Waals surface area contributed by atoms with Crippen LogP contribution in [-0.4, -0.2) is 10.9 Å². The van der Waals surface area contributed by atoms with Gasteiger partial charge in [0, 0.05) is 25.0 Å². The number of carbonyl (C=O) groups excluding carboxylic acids is 1. The van der Waals surface area contributed by atoms with Crippen molar-refractivity contribution in [2.24, 2.45) is 0 Å². The van der Waals surface area contributed by atoms with Crippen LogP contribution in [0.1, 0.15) is 11.1 Å². The SMILES string of the molecule is O=C(C=Cc1cccnc1)NCc1ccc(F)cc1. The van der Waals surface area contributed by atoms with E-state index in [1.54, 1.807) is 36.7 Å². The standard InChI is InChI=1S/C15H13FN2O/c16-14-6-3-13(4-7-14)11-18-15(19)8-5-12-2-1-9-17-10-12/h1-10H,11H2,(H,18,19). The molecule has 2 aromatic rings. The highest BCUT2D eigenvalue weighted by atomic mass is 19.1. The van der Waals surface area contributed by atoms with Crippen LogP contribution >= 0.6 is 0 Å². The maximum absolute atomic E-state index is 12.7. The third-order valence-electron chi connectivity index (χ3n) is 2.49. The molecule has 0 aliphatic heterocycles. The lowest BCUT2D eigenvalue weighted by Gasteiger charge is -2.02. The van der Waals surface area contributed by atoms with E-state index >= 15 is 0 Å². The van der Waals surface area contributed by atoms with E-state index in [2.05, 4.69) is 10.3 Å². The molecule has 0 unspecified atom stereocenters. The van der Waals surface area contributed by atoms with E-state index in [0.717, 1.165) is 11.1 Å². The lowest BCUT2D eigenvalue weighted by Crippen LogP contribution is -2.20. The zero-order valence-electron chi connectivity index (χ0n) is 10.2. The summed E-state index contributed by atoms with van der Waals surface area (Å²) in [6, 6.07) is 9.67. The molecule has 0 radical (unpaired) electrons. The molecule has 0 fully saturated rings. The van der Waals surface area contributed by atoms with E-state index in [9.17, 15) is 9.18 Å². The van der Waals surface area contributed by atoms with Gasteiger partial charge >= 0.3 is 0 Å². The van der Waals surface area contributed by atoms with E-state index in [-0.39, 0.29) is 11.7 Å². The molecule has 0 saturated carbocycles. The molecule has 3 nitrogen and oxygen atoms in total. The monoisotopic (exact) mass is 256 g/mol. The average Bonchev–Trinajstić information content (AvgIpc) is 2.45. The van der Waals surface area contributed by atoms with Gasteiger partial charge in [-0.3, -0.25) is 9.78 Å². The molecule has 0 bridgehead atoms. The van der Waals surface area contributed by atoms with Gasteiger partial charge in [-0.25, -0.2) is 4.39 Å². The minimum absolute atomic E-state index is 0.201. The molecular weight excluding hydrogens is 243 g/mol. The summed E-state index contributed by atoms with van der Waals surface area (Å²) in [5.74, 6) is -0.486. The molecule has 19 heavy (non-hydrogen) atoms. The van der Waals surface area contributed by atoms with Crippen LogP contribution in [0.15, 0.2) is 54.9 Å². The van der Waals surface area contributed by atoms with Crippen LogP contribution < -0.4 is 5.32 Å². The molecule has 1 amide bonds. The van der Waals surface area contributed by atoms with Crippen LogP contribution in [-0.2, 0) is 11.3 Å². The zero-order valence-corrected chi connectivity index (χ0v) is 10.2. The van der Waals surface area contributed by atoms with Crippen molar-refractivity contribution in [1.29, 1.82) is 0 Å². The van der Waals surface area contributed by atoms with Gasteiger partial charge in [-0.1, -0.05) is 18.2 Å². The number of hydrogen-bond donors (Lipinski definition) is 1. The number of amides is 1. The number of rotatable bonds is 4. The average molecular weight is 256 g/mol. The normalized spacial score (nSPS) is 10.6. The third-order valence-corrected chi connectivity index (χ3v) is 2.49. The summed E-state index contributed by atoms with van der Waals surface area (Å²) in [5, 5.41) is 2.72. The van der Waals surface area contributed by atoms with Crippen LogP contribution in [0.2, 0.25) is 0 Å². The van der Waals surface area contributed by atoms with Crippen LogP contribution in [0.3, 0.4) is 0 Å². The van der Waals surface area contributed by atoms with E-state index < -0.39 is 0 Å². The van der Waals surface area contributed by atoms with Crippen molar-refractivity contribution >= 4 is 12.0 Å². The molecule has 0 spiro atoms. The van der Waals surface area contributed by atoms with Crippen molar-refractivity contribution < 1.29 is 9.18 Å². The predicted octanol–water partition coefficient (Wildman–Crippen LogP) is 2.55. The summed E-state index contributed by atoms with van der Waals surface area (Å²) in [6.45, 7) is 0.372. The molecule has 1 heterocycles. The number of nitrogens with one attached hydrogen (secondary N) is 1. The number of benzene rings is 1. The van der Waals surface area contributed by atoms with Crippen LogP contribution in [0, 0.1) is 5.82 Å². The Labute approximate surface area is 110 Å². The minimum Gasteiger partial charge on any atom is -0.348 e. The summed E-state index contributed by atoms with van der Waals surface area (Å²) in [6.07, 6.45) is 6.48. The van der Waals surface area contributed by atoms with Crippen molar-refractivity contribution in [3.63, 3.8) is 0 Å². The Kier molecular flexibility index (Phi) is 4.39. The second-order valence-corrected chi connectivity index (χ2v) is 3.96. The summed E-state index contributed by atoms with van der Waals surface area (Å²) in [5.41, 5.74) is 1.71. The second kappa shape index (κ2) is 6.44. The molecule has 2 rings (SSSR count). The van der Waals surface area contributed by atoms with E-state index in [1.165, 1.54) is 18.2 Å². The summed E-state index contributed by atoms with van der Waals surface area (Å²) in [4.78, 5) is 15.5. The molecule has 0 aliphatic rings. The lowest BCUT2D eigenvalue weighted by molar-refractivity contribution is -0.116. The third kappa shape index (κ3) is 4.35. The van der Waals surface area contributed by atoms with Gasteiger partial charge in [0.25, 0.3) is 0 Å². The first kappa shape index (κ1) is 13.0. The van der Waals surface area contributed by atoms with Gasteiger partial charge in [0.15, 0.2) is 0 Å². The Morgan fingerprint density at radius 1 is 1.26 bits per heavy atom. The molecule has 1 aromatic carbocycles. The molecule has 0 saturated heterocycles. The fourth-order valence-corrected chi connectivity index (χ4v) is 1.50. The summed E-state index contributed by atoms with van der Waals surface area (Å²) >= 11 is 0.